The van der Waals surface area contributed by atoms with Gasteiger partial charge in [-0.25, -0.2) is 15.0 Å². The molecule has 0 radical (unpaired) electrons. The first kappa shape index (κ1) is 11.5. The maximum atomic E-state index is 5.71. The highest BCUT2D eigenvalue weighted by Crippen LogP contribution is 2.32. The first-order valence-corrected chi connectivity index (χ1v) is 6.73. The number of fused-ring (bicyclic) bond motifs is 1. The summed E-state index contributed by atoms with van der Waals surface area (Å²) < 4.78 is 0.690. The highest BCUT2D eigenvalue weighted by Gasteiger charge is 2.10. The fourth-order valence-corrected chi connectivity index (χ4v) is 2.74. The number of anilines is 1. The topological polar surface area (TPSA) is 80.5 Å². The number of nitrogens with zero attached hydrogens (tertiary/aromatic N) is 3. The number of hydrogen-bond acceptors (Lipinski definition) is 5. The minimum absolute atomic E-state index is 0.420. The van der Waals surface area contributed by atoms with E-state index < -0.39 is 0 Å². The van der Waals surface area contributed by atoms with Gasteiger partial charge in [-0.2, -0.15) is 0 Å². The van der Waals surface area contributed by atoms with E-state index in [-0.39, 0.29) is 0 Å². The Morgan fingerprint density at radius 2 is 2.06 bits per heavy atom. The Labute approximate surface area is 115 Å². The molecule has 0 atom stereocenters. The fourth-order valence-electron chi connectivity index (χ4n) is 1.51. The van der Waals surface area contributed by atoms with Gasteiger partial charge >= 0.3 is 0 Å². The second-order valence-electron chi connectivity index (χ2n) is 3.54. The number of para-hydroxylation sites is 2. The van der Waals surface area contributed by atoms with Crippen LogP contribution in [-0.4, -0.2) is 19.9 Å². The Bertz CT molecular complexity index is 678. The van der Waals surface area contributed by atoms with Crippen LogP contribution in [0.3, 0.4) is 0 Å². The van der Waals surface area contributed by atoms with Crippen LogP contribution in [-0.2, 0) is 0 Å². The minimum Gasteiger partial charge on any atom is -0.383 e. The van der Waals surface area contributed by atoms with Gasteiger partial charge < -0.3 is 10.7 Å². The van der Waals surface area contributed by atoms with E-state index in [1.54, 1.807) is 0 Å². The quantitative estimate of drug-likeness (QED) is 0.709. The second-order valence-corrected chi connectivity index (χ2v) is 5.31. The average molecular weight is 322 g/mol. The summed E-state index contributed by atoms with van der Waals surface area (Å²) in [5, 5.41) is 1.51. The molecule has 0 bridgehead atoms. The normalized spacial score (nSPS) is 10.9. The molecule has 0 saturated heterocycles. The molecule has 0 aliphatic carbocycles. The van der Waals surface area contributed by atoms with E-state index in [4.69, 9.17) is 5.73 Å². The van der Waals surface area contributed by atoms with Crippen molar-refractivity contribution in [2.24, 2.45) is 0 Å². The van der Waals surface area contributed by atoms with E-state index in [9.17, 15) is 0 Å². The maximum absolute atomic E-state index is 5.71. The number of aromatic amines is 1. The van der Waals surface area contributed by atoms with Crippen LogP contribution in [0.1, 0.15) is 0 Å². The van der Waals surface area contributed by atoms with Gasteiger partial charge in [0.2, 0.25) is 0 Å². The van der Waals surface area contributed by atoms with Crippen molar-refractivity contribution in [2.45, 2.75) is 10.2 Å². The van der Waals surface area contributed by atoms with Gasteiger partial charge in [0.15, 0.2) is 5.16 Å². The monoisotopic (exact) mass is 321 g/mol. The van der Waals surface area contributed by atoms with Crippen LogP contribution in [0.25, 0.3) is 11.0 Å². The SMILES string of the molecule is Nc1ncnc(Sc2nc3ccccc3[nH]2)c1Br. The Kier molecular flexibility index (Phi) is 2.92. The molecule has 18 heavy (non-hydrogen) atoms. The highest BCUT2D eigenvalue weighted by atomic mass is 79.9. The molecule has 0 spiro atoms. The van der Waals surface area contributed by atoms with Crippen molar-refractivity contribution in [3.05, 3.63) is 35.1 Å². The fraction of sp³-hybridized carbons (Fsp3) is 0. The van der Waals surface area contributed by atoms with Gasteiger partial charge in [-0.1, -0.05) is 12.1 Å². The van der Waals surface area contributed by atoms with E-state index >= 15 is 0 Å². The summed E-state index contributed by atoms with van der Waals surface area (Å²) in [7, 11) is 0. The Balaban J connectivity index is 1.99. The second kappa shape index (κ2) is 4.58. The molecule has 0 fully saturated rings. The van der Waals surface area contributed by atoms with Crippen LogP contribution in [0.4, 0.5) is 5.82 Å². The highest BCUT2D eigenvalue weighted by molar-refractivity contribution is 9.10. The molecule has 5 nitrogen and oxygen atoms in total. The Morgan fingerprint density at radius 1 is 1.22 bits per heavy atom. The van der Waals surface area contributed by atoms with Crippen LogP contribution < -0.4 is 5.73 Å². The van der Waals surface area contributed by atoms with E-state index in [2.05, 4.69) is 35.9 Å². The van der Waals surface area contributed by atoms with Gasteiger partial charge in [-0.3, -0.25) is 0 Å². The van der Waals surface area contributed by atoms with Gasteiger partial charge in [-0.05, 0) is 39.8 Å². The molecule has 0 saturated carbocycles. The molecule has 0 unspecified atom stereocenters. The largest absolute Gasteiger partial charge is 0.383 e. The number of H-pyrrole nitrogens is 1. The van der Waals surface area contributed by atoms with Crippen LogP contribution >= 0.6 is 27.7 Å². The molecule has 0 aliphatic rings. The molecule has 2 heterocycles. The predicted molar refractivity (Wildman–Crippen MR) is 74.4 cm³/mol. The molecule has 1 aromatic carbocycles. The first-order chi connectivity index (χ1) is 8.74. The molecular weight excluding hydrogens is 314 g/mol. The number of benzene rings is 1. The van der Waals surface area contributed by atoms with Crippen molar-refractivity contribution in [1.29, 1.82) is 0 Å². The lowest BCUT2D eigenvalue weighted by molar-refractivity contribution is 1.01. The molecular formula is C11H8BrN5S. The van der Waals surface area contributed by atoms with Gasteiger partial charge in [0.25, 0.3) is 0 Å². The lowest BCUT2D eigenvalue weighted by Crippen LogP contribution is -1.94. The van der Waals surface area contributed by atoms with E-state index in [0.29, 0.717) is 10.3 Å². The molecule has 0 amide bonds. The number of aromatic nitrogens is 4. The van der Waals surface area contributed by atoms with Crippen molar-refractivity contribution in [2.75, 3.05) is 5.73 Å². The Hall–Kier alpha value is -1.60. The van der Waals surface area contributed by atoms with Gasteiger partial charge in [0.05, 0.1) is 15.5 Å². The number of nitrogens with two attached hydrogens (primary N) is 1. The third kappa shape index (κ3) is 2.06. The van der Waals surface area contributed by atoms with Crippen LogP contribution in [0, 0.1) is 0 Å². The Morgan fingerprint density at radius 3 is 2.89 bits per heavy atom. The summed E-state index contributed by atoms with van der Waals surface area (Å²) in [5.41, 5.74) is 7.63. The number of hydrogen-bond donors (Lipinski definition) is 2. The summed E-state index contributed by atoms with van der Waals surface area (Å²) in [6.07, 6.45) is 1.44. The standard InChI is InChI=1S/C11H8BrN5S/c12-8-9(13)14-5-15-10(8)18-11-16-6-3-1-2-4-7(6)17-11/h1-5H,(H,16,17)(H2,13,14,15). The van der Waals surface area contributed by atoms with Gasteiger partial charge in [0, 0.05) is 0 Å². The third-order valence-corrected chi connectivity index (χ3v) is 4.28. The first-order valence-electron chi connectivity index (χ1n) is 5.12. The zero-order valence-electron chi connectivity index (χ0n) is 9.09. The van der Waals surface area contributed by atoms with Gasteiger partial charge in [0.1, 0.15) is 17.2 Å². The number of nitrogens with one attached hydrogen (secondary N) is 1. The molecule has 2 aromatic heterocycles. The van der Waals surface area contributed by atoms with E-state index in [1.165, 1.54) is 18.1 Å². The lowest BCUT2D eigenvalue weighted by Gasteiger charge is -2.01. The maximum Gasteiger partial charge on any atom is 0.172 e. The average Bonchev–Trinajstić information content (AvgIpc) is 2.77. The number of imidazole rings is 1. The smallest absolute Gasteiger partial charge is 0.172 e. The number of nitrogen functional groups attached to an aromatic ring is 1. The lowest BCUT2D eigenvalue weighted by atomic mass is 10.3. The summed E-state index contributed by atoms with van der Waals surface area (Å²) >= 11 is 4.78. The summed E-state index contributed by atoms with van der Waals surface area (Å²) in [5.74, 6) is 0.420. The van der Waals surface area contributed by atoms with Crippen molar-refractivity contribution in [3.8, 4) is 0 Å². The molecule has 90 valence electrons. The van der Waals surface area contributed by atoms with E-state index in [0.717, 1.165) is 21.2 Å². The van der Waals surface area contributed by atoms with Crippen molar-refractivity contribution >= 4 is 44.5 Å². The van der Waals surface area contributed by atoms with Crippen molar-refractivity contribution in [3.63, 3.8) is 0 Å². The molecule has 3 rings (SSSR count). The summed E-state index contributed by atoms with van der Waals surface area (Å²) in [4.78, 5) is 15.8. The summed E-state index contributed by atoms with van der Waals surface area (Å²) in [6, 6.07) is 7.86. The van der Waals surface area contributed by atoms with E-state index in [1.807, 2.05) is 24.3 Å². The molecule has 7 heteroatoms. The number of halogens is 1. The zero-order valence-corrected chi connectivity index (χ0v) is 11.5. The van der Waals surface area contributed by atoms with Crippen LogP contribution in [0.5, 0.6) is 0 Å². The minimum atomic E-state index is 0.420. The summed E-state index contributed by atoms with van der Waals surface area (Å²) in [6.45, 7) is 0. The number of rotatable bonds is 2. The van der Waals surface area contributed by atoms with Crippen molar-refractivity contribution < 1.29 is 0 Å². The van der Waals surface area contributed by atoms with Crippen LogP contribution in [0.15, 0.2) is 45.2 Å². The molecule has 3 aromatic rings. The zero-order chi connectivity index (χ0) is 12.5. The van der Waals surface area contributed by atoms with Crippen molar-refractivity contribution in [1.82, 2.24) is 19.9 Å². The van der Waals surface area contributed by atoms with Crippen LogP contribution in [0.2, 0.25) is 0 Å². The molecule has 0 aliphatic heterocycles. The van der Waals surface area contributed by atoms with Gasteiger partial charge in [-0.15, -0.1) is 0 Å². The third-order valence-electron chi connectivity index (χ3n) is 2.35. The molecule has 3 N–H and O–H groups in total. The predicted octanol–water partition coefficient (Wildman–Crippen LogP) is 2.85.